The Morgan fingerprint density at radius 3 is 2.46 bits per heavy atom. The largest absolute Gasteiger partial charge is 0.377 e. The number of hydrogen-bond donors (Lipinski definition) is 0. The van der Waals surface area contributed by atoms with Gasteiger partial charge in [0.15, 0.2) is 0 Å². The lowest BCUT2D eigenvalue weighted by molar-refractivity contribution is -0.132. The highest BCUT2D eigenvalue weighted by Crippen LogP contribution is 2.21. The van der Waals surface area contributed by atoms with Gasteiger partial charge in [-0.1, -0.05) is 51.2 Å². The minimum absolute atomic E-state index is 0.0428. The molecule has 6 nitrogen and oxygen atoms in total. The Morgan fingerprint density at radius 1 is 1.08 bits per heavy atom. The highest BCUT2D eigenvalue weighted by Gasteiger charge is 2.31. The minimum Gasteiger partial charge on any atom is -0.377 e. The van der Waals surface area contributed by atoms with E-state index in [1.54, 1.807) is 28.4 Å². The van der Waals surface area contributed by atoms with Crippen molar-refractivity contribution < 1.29 is 22.3 Å². The molecule has 0 radical (unpaired) electrons. The van der Waals surface area contributed by atoms with Gasteiger partial charge < -0.3 is 9.64 Å². The van der Waals surface area contributed by atoms with Crippen LogP contribution in [0.3, 0.4) is 0 Å². The Morgan fingerprint density at radius 2 is 1.81 bits per heavy atom. The fourth-order valence-corrected chi connectivity index (χ4v) is 6.97. The molecule has 1 fully saturated rings. The van der Waals surface area contributed by atoms with Gasteiger partial charge in [-0.3, -0.25) is 4.79 Å². The van der Waals surface area contributed by atoms with Crippen LogP contribution >= 0.6 is 11.3 Å². The maximum absolute atomic E-state index is 13.6. The summed E-state index contributed by atoms with van der Waals surface area (Å²) in [5, 5.41) is 1.99. The number of thiophene rings is 1. The molecular weight excluding hydrogens is 511 g/mol. The van der Waals surface area contributed by atoms with E-state index < -0.39 is 10.0 Å². The van der Waals surface area contributed by atoms with Crippen molar-refractivity contribution in [2.24, 2.45) is 0 Å². The first-order valence-electron chi connectivity index (χ1n) is 13.4. The zero-order valence-corrected chi connectivity index (χ0v) is 23.8. The maximum Gasteiger partial charge on any atom is 0.238 e. The number of unbranched alkanes of at least 4 members (excludes halogenated alkanes) is 5. The SMILES string of the molecule is CCCCCCCCS(=O)(=O)N(CC(=O)N(Cc1ccc(F)cc1)Cc1sccc1C)CC1CCCO1. The van der Waals surface area contributed by atoms with Crippen molar-refractivity contribution in [1.29, 1.82) is 0 Å². The third-order valence-corrected chi connectivity index (χ3v) is 9.71. The highest BCUT2D eigenvalue weighted by atomic mass is 32.2. The lowest BCUT2D eigenvalue weighted by Gasteiger charge is -2.29. The maximum atomic E-state index is 13.6. The van der Waals surface area contributed by atoms with Gasteiger partial charge in [0.2, 0.25) is 15.9 Å². The number of halogens is 1. The molecule has 1 amide bonds. The second-order valence-electron chi connectivity index (χ2n) is 9.91. The number of hydrogen-bond acceptors (Lipinski definition) is 5. The summed E-state index contributed by atoms with van der Waals surface area (Å²) >= 11 is 1.57. The van der Waals surface area contributed by atoms with E-state index in [9.17, 15) is 17.6 Å². The molecule has 1 atom stereocenters. The first-order valence-corrected chi connectivity index (χ1v) is 15.9. The average Bonchev–Trinajstić information content (AvgIpc) is 3.53. The summed E-state index contributed by atoms with van der Waals surface area (Å²) < 4.78 is 47.3. The molecule has 2 aromatic rings. The smallest absolute Gasteiger partial charge is 0.238 e. The summed E-state index contributed by atoms with van der Waals surface area (Å²) in [6.07, 6.45) is 7.44. The van der Waals surface area contributed by atoms with Crippen LogP contribution in [0.4, 0.5) is 4.39 Å². The molecule has 2 heterocycles. The predicted octanol–water partition coefficient (Wildman–Crippen LogP) is 5.90. The third kappa shape index (κ3) is 9.78. The van der Waals surface area contributed by atoms with Crippen LogP contribution in [0.5, 0.6) is 0 Å². The summed E-state index contributed by atoms with van der Waals surface area (Å²) in [6.45, 7) is 5.42. The van der Waals surface area contributed by atoms with E-state index in [4.69, 9.17) is 4.74 Å². The first kappa shape index (κ1) is 29.7. The number of ether oxygens (including phenoxy) is 1. The fraction of sp³-hybridized carbons (Fsp3) is 0.607. The molecule has 9 heteroatoms. The quantitative estimate of drug-likeness (QED) is 0.243. The number of amides is 1. The van der Waals surface area contributed by atoms with E-state index >= 15 is 0 Å². The molecular formula is C28H41FN2O4S2. The zero-order valence-electron chi connectivity index (χ0n) is 22.2. The number of carbonyl (C=O) groups is 1. The number of sulfonamides is 1. The topological polar surface area (TPSA) is 66.9 Å². The molecule has 1 aromatic heterocycles. The van der Waals surface area contributed by atoms with Crippen molar-refractivity contribution in [3.63, 3.8) is 0 Å². The Labute approximate surface area is 225 Å². The molecule has 0 spiro atoms. The molecule has 3 rings (SSSR count). The van der Waals surface area contributed by atoms with Crippen molar-refractivity contribution in [3.8, 4) is 0 Å². The van der Waals surface area contributed by atoms with E-state index in [1.807, 2.05) is 18.4 Å². The number of carbonyl (C=O) groups excluding carboxylic acids is 1. The van der Waals surface area contributed by atoms with Gasteiger partial charge in [-0.05, 0) is 60.9 Å². The number of aryl methyl sites for hydroxylation is 1. The minimum atomic E-state index is -3.62. The van der Waals surface area contributed by atoms with Crippen LogP contribution in [0.15, 0.2) is 35.7 Å². The third-order valence-electron chi connectivity index (χ3n) is 6.83. The molecule has 206 valence electrons. The molecule has 1 unspecified atom stereocenters. The lowest BCUT2D eigenvalue weighted by atomic mass is 10.1. The first-order chi connectivity index (χ1) is 17.8. The molecule has 0 bridgehead atoms. The zero-order chi connectivity index (χ0) is 26.7. The molecule has 1 aliphatic rings. The van der Waals surface area contributed by atoms with Gasteiger partial charge in [0.05, 0.1) is 24.9 Å². The predicted molar refractivity (Wildman–Crippen MR) is 147 cm³/mol. The van der Waals surface area contributed by atoms with E-state index in [0.717, 1.165) is 54.5 Å². The summed E-state index contributed by atoms with van der Waals surface area (Å²) in [5.74, 6) is -0.554. The number of nitrogens with zero attached hydrogens (tertiary/aromatic N) is 2. The van der Waals surface area contributed by atoms with E-state index in [1.165, 1.54) is 22.9 Å². The molecule has 1 aliphatic heterocycles. The van der Waals surface area contributed by atoms with E-state index in [0.29, 0.717) is 19.6 Å². The summed E-state index contributed by atoms with van der Waals surface area (Å²) in [4.78, 5) is 16.4. The molecule has 0 saturated carbocycles. The second-order valence-corrected chi connectivity index (χ2v) is 13.0. The van der Waals surface area contributed by atoms with Crippen LogP contribution in [0.25, 0.3) is 0 Å². The number of rotatable bonds is 16. The van der Waals surface area contributed by atoms with E-state index in [-0.39, 0.29) is 43.2 Å². The standard InChI is InChI=1S/C28H41FN2O4S2/c1-3-4-5-6-7-8-18-37(33,34)31(20-26-10-9-16-35-26)22-28(32)30(21-27-23(2)15-17-36-27)19-24-11-13-25(29)14-12-24/h11-15,17,26H,3-10,16,18-22H2,1-2H3. The Balaban J connectivity index is 1.73. The Bertz CT molecular complexity index is 1070. The van der Waals surface area contributed by atoms with Gasteiger partial charge in [0, 0.05) is 24.6 Å². The van der Waals surface area contributed by atoms with Crippen LogP contribution < -0.4 is 0 Å². The molecule has 0 N–H and O–H groups in total. The normalized spacial score (nSPS) is 15.9. The molecule has 1 aromatic carbocycles. The van der Waals surface area contributed by atoms with Crippen LogP contribution in [0.1, 0.15) is 74.3 Å². The molecule has 1 saturated heterocycles. The summed E-state index contributed by atoms with van der Waals surface area (Å²) in [5.41, 5.74) is 1.89. The van der Waals surface area contributed by atoms with Crippen LogP contribution in [-0.4, -0.2) is 55.1 Å². The van der Waals surface area contributed by atoms with Crippen molar-refractivity contribution in [2.45, 2.75) is 84.4 Å². The van der Waals surface area contributed by atoms with Crippen molar-refractivity contribution in [2.75, 3.05) is 25.4 Å². The average molecular weight is 553 g/mol. The van der Waals surface area contributed by atoms with Gasteiger partial charge in [-0.15, -0.1) is 11.3 Å². The second kappa shape index (κ2) is 15.0. The van der Waals surface area contributed by atoms with Crippen molar-refractivity contribution in [1.82, 2.24) is 9.21 Å². The lowest BCUT2D eigenvalue weighted by Crippen LogP contribution is -2.46. The van der Waals surface area contributed by atoms with Gasteiger partial charge in [0.1, 0.15) is 5.82 Å². The van der Waals surface area contributed by atoms with Crippen molar-refractivity contribution in [3.05, 3.63) is 57.5 Å². The van der Waals surface area contributed by atoms with Gasteiger partial charge in [-0.25, -0.2) is 12.8 Å². The molecule has 37 heavy (non-hydrogen) atoms. The highest BCUT2D eigenvalue weighted by molar-refractivity contribution is 7.89. The number of benzene rings is 1. The summed E-state index contributed by atoms with van der Waals surface area (Å²) in [7, 11) is -3.62. The van der Waals surface area contributed by atoms with Gasteiger partial charge in [-0.2, -0.15) is 4.31 Å². The van der Waals surface area contributed by atoms with Crippen molar-refractivity contribution >= 4 is 27.3 Å². The Hall–Kier alpha value is -1.81. The van der Waals surface area contributed by atoms with Gasteiger partial charge >= 0.3 is 0 Å². The van der Waals surface area contributed by atoms with Gasteiger partial charge in [0.25, 0.3) is 0 Å². The summed E-state index contributed by atoms with van der Waals surface area (Å²) in [6, 6.07) is 8.09. The fourth-order valence-electron chi connectivity index (χ4n) is 4.52. The monoisotopic (exact) mass is 552 g/mol. The Kier molecular flexibility index (Phi) is 12.0. The van der Waals surface area contributed by atoms with Crippen LogP contribution in [0.2, 0.25) is 0 Å². The van der Waals surface area contributed by atoms with Crippen LogP contribution in [0, 0.1) is 12.7 Å². The van der Waals surface area contributed by atoms with E-state index in [2.05, 4.69) is 6.92 Å². The molecule has 0 aliphatic carbocycles. The van der Waals surface area contributed by atoms with Crippen LogP contribution in [-0.2, 0) is 32.6 Å².